The van der Waals surface area contributed by atoms with Gasteiger partial charge in [-0.2, -0.15) is 10.2 Å². The molecule has 0 fully saturated rings. The first-order valence-electron chi connectivity index (χ1n) is 10.1. The van der Waals surface area contributed by atoms with Crippen molar-refractivity contribution < 1.29 is 18.7 Å². The van der Waals surface area contributed by atoms with Gasteiger partial charge in [0.25, 0.3) is 11.5 Å². The minimum absolute atomic E-state index is 0.169. The number of nitrogens with one attached hydrogen (secondary N) is 2. The van der Waals surface area contributed by atoms with Gasteiger partial charge >= 0.3 is 0 Å². The maximum Gasteiger partial charge on any atom is 0.269 e. The normalized spacial score (nSPS) is 12.0. The summed E-state index contributed by atoms with van der Waals surface area (Å²) < 4.78 is 25.1. The molecule has 0 saturated carbocycles. The Hall–Kier alpha value is -4.47. The highest BCUT2D eigenvalue weighted by Crippen LogP contribution is 2.35. The molecule has 0 spiro atoms. The Morgan fingerprint density at radius 1 is 1.00 bits per heavy atom. The molecule has 33 heavy (non-hydrogen) atoms. The van der Waals surface area contributed by atoms with E-state index in [0.29, 0.717) is 28.5 Å². The van der Waals surface area contributed by atoms with E-state index in [0.717, 1.165) is 5.56 Å². The largest absolute Gasteiger partial charge is 0.454 e. The number of aromatic nitrogens is 4. The average Bonchev–Trinajstić information content (AvgIpc) is 3.50. The summed E-state index contributed by atoms with van der Waals surface area (Å²) in [5.41, 5.74) is 2.56. The third-order valence-electron chi connectivity index (χ3n) is 5.11. The Labute approximate surface area is 186 Å². The Balaban J connectivity index is 1.23. The van der Waals surface area contributed by atoms with Crippen LogP contribution in [0.4, 0.5) is 4.39 Å². The second kappa shape index (κ2) is 8.58. The molecule has 166 valence electrons. The van der Waals surface area contributed by atoms with Crippen LogP contribution in [0.3, 0.4) is 0 Å². The van der Waals surface area contributed by atoms with Crippen LogP contribution in [-0.2, 0) is 6.54 Å². The molecule has 1 aliphatic heterocycles. The van der Waals surface area contributed by atoms with Crippen LogP contribution < -0.4 is 20.3 Å². The number of hydrogen-bond donors (Lipinski definition) is 2. The number of nitrogens with zero attached hydrogens (tertiary/aromatic N) is 3. The van der Waals surface area contributed by atoms with Crippen LogP contribution >= 0.6 is 0 Å². The van der Waals surface area contributed by atoms with Crippen molar-refractivity contribution in [2.45, 2.75) is 6.54 Å². The molecule has 1 amide bonds. The van der Waals surface area contributed by atoms with Crippen molar-refractivity contribution in [1.29, 1.82) is 0 Å². The van der Waals surface area contributed by atoms with Crippen molar-refractivity contribution >= 4 is 5.91 Å². The Bertz CT molecular complexity index is 1380. The van der Waals surface area contributed by atoms with Gasteiger partial charge in [0.05, 0.1) is 17.9 Å². The summed E-state index contributed by atoms with van der Waals surface area (Å²) in [6.07, 6.45) is 0. The highest BCUT2D eigenvalue weighted by molar-refractivity contribution is 5.93. The maximum absolute atomic E-state index is 13.1. The second-order valence-corrected chi connectivity index (χ2v) is 7.28. The van der Waals surface area contributed by atoms with Crippen LogP contribution in [0.5, 0.6) is 11.5 Å². The molecule has 10 heteroatoms. The molecule has 0 saturated heterocycles. The van der Waals surface area contributed by atoms with Crippen LogP contribution in [-0.4, -0.2) is 39.2 Å². The first-order valence-corrected chi connectivity index (χ1v) is 10.1. The molecule has 5 rings (SSSR count). The first kappa shape index (κ1) is 20.4. The standard InChI is InChI=1S/C23H18FN5O4/c24-16-4-1-14(2-5-16)17-6-8-22(30)29(28-17)10-9-25-23(31)19-12-18(26-27-19)15-3-7-20-21(11-15)33-13-32-20/h1-8,11-12H,9-10,13H2,(H,25,31)(H,26,27). The van der Waals surface area contributed by atoms with Crippen LogP contribution in [0.2, 0.25) is 0 Å². The lowest BCUT2D eigenvalue weighted by atomic mass is 10.1. The van der Waals surface area contributed by atoms with Gasteiger partial charge in [-0.25, -0.2) is 9.07 Å². The maximum atomic E-state index is 13.1. The zero-order valence-corrected chi connectivity index (χ0v) is 17.2. The quantitative estimate of drug-likeness (QED) is 0.470. The highest BCUT2D eigenvalue weighted by Gasteiger charge is 2.16. The fraction of sp³-hybridized carbons (Fsp3) is 0.130. The zero-order chi connectivity index (χ0) is 22.8. The third kappa shape index (κ3) is 4.31. The smallest absolute Gasteiger partial charge is 0.269 e. The third-order valence-corrected chi connectivity index (χ3v) is 5.11. The lowest BCUT2D eigenvalue weighted by Crippen LogP contribution is -2.32. The van der Waals surface area contributed by atoms with E-state index in [1.165, 1.54) is 22.9 Å². The van der Waals surface area contributed by atoms with E-state index in [4.69, 9.17) is 9.47 Å². The van der Waals surface area contributed by atoms with E-state index in [2.05, 4.69) is 20.6 Å². The molecular weight excluding hydrogens is 429 g/mol. The van der Waals surface area contributed by atoms with Gasteiger partial charge in [0, 0.05) is 23.7 Å². The summed E-state index contributed by atoms with van der Waals surface area (Å²) in [6.45, 7) is 0.525. The van der Waals surface area contributed by atoms with Crippen molar-refractivity contribution in [3.63, 3.8) is 0 Å². The summed E-state index contributed by atoms with van der Waals surface area (Å²) in [6, 6.07) is 15.8. The predicted molar refractivity (Wildman–Crippen MR) is 116 cm³/mol. The molecule has 0 aliphatic carbocycles. The number of carbonyl (C=O) groups excluding carboxylic acids is 1. The molecule has 0 unspecified atom stereocenters. The summed E-state index contributed by atoms with van der Waals surface area (Å²) in [5.74, 6) is 0.578. The van der Waals surface area contributed by atoms with Crippen LogP contribution in [0.25, 0.3) is 22.5 Å². The van der Waals surface area contributed by atoms with Gasteiger partial charge in [-0.3, -0.25) is 14.7 Å². The molecule has 0 atom stereocenters. The Kier molecular flexibility index (Phi) is 5.31. The minimum Gasteiger partial charge on any atom is -0.454 e. The summed E-state index contributed by atoms with van der Waals surface area (Å²) >= 11 is 0. The van der Waals surface area contributed by atoms with E-state index >= 15 is 0 Å². The molecule has 0 radical (unpaired) electrons. The van der Waals surface area contributed by atoms with Crippen molar-refractivity contribution in [2.75, 3.05) is 13.3 Å². The molecule has 2 aromatic carbocycles. The number of amides is 1. The van der Waals surface area contributed by atoms with E-state index in [1.807, 2.05) is 6.07 Å². The molecule has 0 bridgehead atoms. The van der Waals surface area contributed by atoms with E-state index in [1.54, 1.807) is 36.4 Å². The molecule has 1 aliphatic rings. The van der Waals surface area contributed by atoms with Gasteiger partial charge in [0.2, 0.25) is 6.79 Å². The number of carbonyl (C=O) groups is 1. The second-order valence-electron chi connectivity index (χ2n) is 7.28. The summed E-state index contributed by atoms with van der Waals surface area (Å²) in [4.78, 5) is 24.6. The lowest BCUT2D eigenvalue weighted by molar-refractivity contribution is 0.0946. The van der Waals surface area contributed by atoms with Gasteiger partial charge in [-0.15, -0.1) is 0 Å². The minimum atomic E-state index is -0.364. The fourth-order valence-corrected chi connectivity index (χ4v) is 3.40. The summed E-state index contributed by atoms with van der Waals surface area (Å²) in [7, 11) is 0. The number of ether oxygens (including phenoxy) is 2. The van der Waals surface area contributed by atoms with Crippen LogP contribution in [0.1, 0.15) is 10.5 Å². The number of benzene rings is 2. The number of halogens is 1. The first-order chi connectivity index (χ1) is 16.1. The monoisotopic (exact) mass is 447 g/mol. The van der Waals surface area contributed by atoms with Crippen molar-refractivity contribution in [3.8, 4) is 34.0 Å². The van der Waals surface area contributed by atoms with Gasteiger partial charge in [-0.05, 0) is 54.6 Å². The molecule has 3 heterocycles. The lowest BCUT2D eigenvalue weighted by Gasteiger charge is -2.08. The van der Waals surface area contributed by atoms with Crippen molar-refractivity contribution in [1.82, 2.24) is 25.3 Å². The molecule has 2 N–H and O–H groups in total. The molecule has 2 aromatic heterocycles. The average molecular weight is 447 g/mol. The van der Waals surface area contributed by atoms with Crippen LogP contribution in [0.15, 0.2) is 65.5 Å². The van der Waals surface area contributed by atoms with E-state index < -0.39 is 0 Å². The van der Waals surface area contributed by atoms with Gasteiger partial charge in [0.15, 0.2) is 11.5 Å². The molecule has 4 aromatic rings. The SMILES string of the molecule is O=C(NCCn1nc(-c2ccc(F)cc2)ccc1=O)c1cc(-c2ccc3c(c2)OCO3)n[nH]1. The zero-order valence-electron chi connectivity index (χ0n) is 17.2. The summed E-state index contributed by atoms with van der Waals surface area (Å²) in [5, 5.41) is 14.0. The number of H-pyrrole nitrogens is 1. The number of hydrogen-bond acceptors (Lipinski definition) is 6. The number of aromatic amines is 1. The van der Waals surface area contributed by atoms with E-state index in [9.17, 15) is 14.0 Å². The number of rotatable bonds is 6. The van der Waals surface area contributed by atoms with E-state index in [-0.39, 0.29) is 42.9 Å². The fourth-order valence-electron chi connectivity index (χ4n) is 3.40. The highest BCUT2D eigenvalue weighted by atomic mass is 19.1. The van der Waals surface area contributed by atoms with Gasteiger partial charge in [-0.1, -0.05) is 0 Å². The Morgan fingerprint density at radius 2 is 1.79 bits per heavy atom. The number of fused-ring (bicyclic) bond motifs is 1. The molecular formula is C23H18FN5O4. The van der Waals surface area contributed by atoms with Crippen LogP contribution in [0, 0.1) is 5.82 Å². The van der Waals surface area contributed by atoms with Crippen molar-refractivity contribution in [3.05, 3.63) is 82.5 Å². The predicted octanol–water partition coefficient (Wildman–Crippen LogP) is 2.60. The molecule has 9 nitrogen and oxygen atoms in total. The van der Waals surface area contributed by atoms with Gasteiger partial charge in [0.1, 0.15) is 11.5 Å². The van der Waals surface area contributed by atoms with Gasteiger partial charge < -0.3 is 14.8 Å². The Morgan fingerprint density at radius 3 is 2.64 bits per heavy atom. The van der Waals surface area contributed by atoms with Crippen molar-refractivity contribution in [2.24, 2.45) is 0 Å². The topological polar surface area (TPSA) is 111 Å².